The molecular weight excluding hydrogens is 346 g/mol. The number of rotatable bonds is 4. The van der Waals surface area contributed by atoms with E-state index in [-0.39, 0.29) is 0 Å². The smallest absolute Gasteiger partial charge is 0.111 e. The van der Waals surface area contributed by atoms with Gasteiger partial charge in [-0.2, -0.15) is 5.10 Å². The van der Waals surface area contributed by atoms with E-state index < -0.39 is 0 Å². The van der Waals surface area contributed by atoms with E-state index in [1.165, 1.54) is 55.3 Å². The van der Waals surface area contributed by atoms with Crippen LogP contribution in [0.4, 0.5) is 5.82 Å². The number of hydrogen-bond donors (Lipinski definition) is 2. The minimum atomic E-state index is 0.403. The average Bonchev–Trinajstić information content (AvgIpc) is 3.01. The molecule has 2 saturated carbocycles. The van der Waals surface area contributed by atoms with Crippen molar-refractivity contribution in [3.8, 4) is 11.1 Å². The number of nitrogens with zero attached hydrogens (tertiary/aromatic N) is 3. The summed E-state index contributed by atoms with van der Waals surface area (Å²) in [5.41, 5.74) is 5.95. The van der Waals surface area contributed by atoms with Crippen LogP contribution >= 0.6 is 0 Å². The van der Waals surface area contributed by atoms with Crippen molar-refractivity contribution >= 4 is 11.9 Å². The molecule has 0 amide bonds. The van der Waals surface area contributed by atoms with E-state index in [0.717, 1.165) is 11.9 Å². The Morgan fingerprint density at radius 3 is 2.79 bits per heavy atom. The van der Waals surface area contributed by atoms with Gasteiger partial charge in [0.25, 0.3) is 0 Å². The second-order valence-corrected chi connectivity index (χ2v) is 9.33. The van der Waals surface area contributed by atoms with Crippen molar-refractivity contribution in [1.29, 1.82) is 0 Å². The molecule has 0 bridgehead atoms. The van der Waals surface area contributed by atoms with Crippen molar-refractivity contribution in [3.05, 3.63) is 29.7 Å². The average molecular weight is 380 g/mol. The zero-order valence-corrected chi connectivity index (χ0v) is 17.6. The van der Waals surface area contributed by atoms with Crippen LogP contribution in [0.15, 0.2) is 24.2 Å². The number of anilines is 1. The van der Waals surface area contributed by atoms with Crippen LogP contribution < -0.4 is 5.32 Å². The molecule has 0 saturated heterocycles. The van der Waals surface area contributed by atoms with Gasteiger partial charge in [0.1, 0.15) is 5.82 Å². The molecule has 150 valence electrons. The molecule has 28 heavy (non-hydrogen) atoms. The number of hydrogen-bond acceptors (Lipinski definition) is 3. The first-order valence-corrected chi connectivity index (χ1v) is 10.9. The molecule has 2 aromatic heterocycles. The predicted molar refractivity (Wildman–Crippen MR) is 115 cm³/mol. The molecule has 1 spiro atoms. The van der Waals surface area contributed by atoms with E-state index in [1.54, 1.807) is 5.57 Å². The molecule has 2 fully saturated rings. The monoisotopic (exact) mass is 379 g/mol. The fourth-order valence-corrected chi connectivity index (χ4v) is 5.80. The zero-order valence-electron chi connectivity index (χ0n) is 17.6. The first-order chi connectivity index (χ1) is 13.5. The van der Waals surface area contributed by atoms with Crippen molar-refractivity contribution in [1.82, 2.24) is 19.7 Å². The van der Waals surface area contributed by atoms with E-state index in [1.807, 2.05) is 17.9 Å². The molecule has 1 aliphatic heterocycles. The Hall–Kier alpha value is -2.01. The molecule has 2 aromatic rings. The highest BCUT2D eigenvalue weighted by Gasteiger charge is 2.56. The fourth-order valence-electron chi connectivity index (χ4n) is 5.80. The van der Waals surface area contributed by atoms with Gasteiger partial charge < -0.3 is 15.2 Å². The van der Waals surface area contributed by atoms with Gasteiger partial charge in [-0.1, -0.05) is 6.92 Å². The van der Waals surface area contributed by atoms with Crippen LogP contribution in [0.3, 0.4) is 0 Å². The minimum Gasteiger partial charge on any atom is -0.365 e. The summed E-state index contributed by atoms with van der Waals surface area (Å²) < 4.78 is 1.87. The molecule has 5 rings (SSSR count). The summed E-state index contributed by atoms with van der Waals surface area (Å²) in [5.74, 6) is 1.86. The molecule has 5 nitrogen and oxygen atoms in total. The Kier molecular flexibility index (Phi) is 4.20. The Balaban J connectivity index is 1.36. The van der Waals surface area contributed by atoms with Crippen LogP contribution in [0.5, 0.6) is 0 Å². The maximum Gasteiger partial charge on any atom is 0.111 e. The number of fused-ring (bicyclic) bond motifs is 1. The fraction of sp³-hybridized carbons (Fsp3) is 0.609. The van der Waals surface area contributed by atoms with E-state index in [9.17, 15) is 0 Å². The lowest BCUT2D eigenvalue weighted by molar-refractivity contribution is 0.212. The normalized spacial score (nSPS) is 31.6. The summed E-state index contributed by atoms with van der Waals surface area (Å²) in [6.45, 7) is 5.77. The second kappa shape index (κ2) is 6.51. The lowest BCUT2D eigenvalue weighted by Crippen LogP contribution is -2.32. The van der Waals surface area contributed by atoms with Crippen molar-refractivity contribution in [2.24, 2.45) is 18.4 Å². The first-order valence-electron chi connectivity index (χ1n) is 10.9. The van der Waals surface area contributed by atoms with Gasteiger partial charge in [0.2, 0.25) is 0 Å². The first kappa shape index (κ1) is 18.0. The van der Waals surface area contributed by atoms with Crippen LogP contribution in [-0.2, 0) is 7.05 Å². The molecule has 2 atom stereocenters. The van der Waals surface area contributed by atoms with Crippen molar-refractivity contribution in [2.75, 3.05) is 18.9 Å². The predicted octanol–water partition coefficient (Wildman–Crippen LogP) is 4.51. The topological polar surface area (TPSA) is 48.9 Å². The highest BCUT2D eigenvalue weighted by molar-refractivity contribution is 5.84. The van der Waals surface area contributed by atoms with Gasteiger partial charge in [0.15, 0.2) is 0 Å². The second-order valence-electron chi connectivity index (χ2n) is 9.33. The SMILES string of the molecule is CCN(C)C1CC12CCC(C1=Cc3c(-c4cnn(C)c4)c[nH]c3NC1C)CC2. The summed E-state index contributed by atoms with van der Waals surface area (Å²) in [5, 5.41) is 8.07. The summed E-state index contributed by atoms with van der Waals surface area (Å²) in [7, 11) is 4.28. The maximum atomic E-state index is 4.35. The quantitative estimate of drug-likeness (QED) is 0.821. The molecule has 0 radical (unpaired) electrons. The van der Waals surface area contributed by atoms with Gasteiger partial charge in [-0.25, -0.2) is 0 Å². The molecule has 0 aromatic carbocycles. The van der Waals surface area contributed by atoms with Crippen LogP contribution in [0.2, 0.25) is 0 Å². The van der Waals surface area contributed by atoms with Crippen LogP contribution in [0.1, 0.15) is 51.5 Å². The molecule has 5 heteroatoms. The maximum absolute atomic E-state index is 4.35. The molecule has 2 unspecified atom stereocenters. The molecule has 2 N–H and O–H groups in total. The number of H-pyrrole nitrogens is 1. The molecule has 3 heterocycles. The minimum absolute atomic E-state index is 0.403. The Morgan fingerprint density at radius 1 is 1.32 bits per heavy atom. The molecular formula is C23H33N5. The lowest BCUT2D eigenvalue weighted by Gasteiger charge is -2.36. The third-order valence-electron chi connectivity index (χ3n) is 7.74. The zero-order chi connectivity index (χ0) is 19.5. The van der Waals surface area contributed by atoms with Gasteiger partial charge in [-0.05, 0) is 75.6 Å². The van der Waals surface area contributed by atoms with E-state index >= 15 is 0 Å². The Morgan fingerprint density at radius 2 is 2.11 bits per heavy atom. The van der Waals surface area contributed by atoms with Gasteiger partial charge >= 0.3 is 0 Å². The van der Waals surface area contributed by atoms with Crippen LogP contribution in [0.25, 0.3) is 17.2 Å². The largest absolute Gasteiger partial charge is 0.365 e. The third-order valence-corrected chi connectivity index (χ3v) is 7.74. The van der Waals surface area contributed by atoms with Crippen molar-refractivity contribution in [3.63, 3.8) is 0 Å². The van der Waals surface area contributed by atoms with Gasteiger partial charge in [0, 0.05) is 48.2 Å². The molecule has 2 aliphatic carbocycles. The number of nitrogens with one attached hydrogen (secondary N) is 2. The van der Waals surface area contributed by atoms with Crippen LogP contribution in [0, 0.1) is 11.3 Å². The highest BCUT2D eigenvalue weighted by Crippen LogP contribution is 2.60. The van der Waals surface area contributed by atoms with E-state index in [2.05, 4.69) is 59.7 Å². The molecule has 3 aliphatic rings. The standard InChI is InChI=1S/C23H33N5/c1-5-27(3)21-11-23(21)8-6-16(7-9-23)18-10-19-20(17-12-25-28(4)14-17)13-24-22(19)26-15(18)2/h10,12-16,21,24,26H,5-9,11H2,1-4H3. The van der Waals surface area contributed by atoms with Crippen molar-refractivity contribution < 1.29 is 0 Å². The van der Waals surface area contributed by atoms with Gasteiger partial charge in [-0.3, -0.25) is 4.68 Å². The Bertz CT molecular complexity index is 896. The van der Waals surface area contributed by atoms with Crippen LogP contribution in [-0.4, -0.2) is 45.3 Å². The summed E-state index contributed by atoms with van der Waals surface area (Å²) in [6.07, 6.45) is 15.5. The Labute approximate surface area is 168 Å². The summed E-state index contributed by atoms with van der Waals surface area (Å²) in [6, 6.07) is 1.24. The van der Waals surface area contributed by atoms with Crippen molar-refractivity contribution in [2.45, 2.75) is 58.0 Å². The summed E-state index contributed by atoms with van der Waals surface area (Å²) in [4.78, 5) is 6.00. The third kappa shape index (κ3) is 2.83. The van der Waals surface area contributed by atoms with E-state index in [0.29, 0.717) is 17.4 Å². The summed E-state index contributed by atoms with van der Waals surface area (Å²) >= 11 is 0. The van der Waals surface area contributed by atoms with Gasteiger partial charge in [-0.15, -0.1) is 0 Å². The number of aromatic amines is 1. The lowest BCUT2D eigenvalue weighted by atomic mass is 9.73. The van der Waals surface area contributed by atoms with E-state index in [4.69, 9.17) is 0 Å². The van der Waals surface area contributed by atoms with Gasteiger partial charge in [0.05, 0.1) is 6.20 Å². The number of aromatic nitrogens is 3. The highest BCUT2D eigenvalue weighted by atomic mass is 15.2. The number of aryl methyl sites for hydroxylation is 1.